The van der Waals surface area contributed by atoms with Crippen molar-refractivity contribution in [2.75, 3.05) is 59.5 Å². The van der Waals surface area contributed by atoms with Crippen LogP contribution in [0.2, 0.25) is 0 Å². The summed E-state index contributed by atoms with van der Waals surface area (Å²) in [5, 5.41) is 10.3. The van der Waals surface area contributed by atoms with E-state index in [1.165, 1.54) is 50.8 Å². The number of piperazine rings is 1. The molecule has 3 fully saturated rings. The van der Waals surface area contributed by atoms with Crippen LogP contribution in [0, 0.1) is 5.41 Å². The molecule has 1 spiro atoms. The first-order valence-corrected chi connectivity index (χ1v) is 11.1. The first-order chi connectivity index (χ1) is 13.6. The third-order valence-corrected chi connectivity index (χ3v) is 7.02. The first-order valence-electron chi connectivity index (χ1n) is 11.1. The van der Waals surface area contributed by atoms with Gasteiger partial charge in [0, 0.05) is 45.8 Å². The molecule has 28 heavy (non-hydrogen) atoms. The average Bonchev–Trinajstić information content (AvgIpc) is 3.33. The van der Waals surface area contributed by atoms with Crippen molar-refractivity contribution in [3.63, 3.8) is 0 Å². The zero-order valence-corrected chi connectivity index (χ0v) is 17.5. The van der Waals surface area contributed by atoms with Crippen molar-refractivity contribution in [2.45, 2.75) is 44.8 Å². The Morgan fingerprint density at radius 2 is 1.68 bits per heavy atom. The van der Waals surface area contributed by atoms with E-state index < -0.39 is 6.10 Å². The van der Waals surface area contributed by atoms with Gasteiger partial charge in [0.05, 0.1) is 0 Å². The van der Waals surface area contributed by atoms with Crippen molar-refractivity contribution in [1.29, 1.82) is 0 Å². The summed E-state index contributed by atoms with van der Waals surface area (Å²) in [6.45, 7) is 8.85. The maximum atomic E-state index is 10.3. The average molecular weight is 388 g/mol. The molecule has 5 heteroatoms. The maximum Gasteiger partial charge on any atom is 0.119 e. The molecule has 2 aliphatic heterocycles. The molecular weight excluding hydrogens is 350 g/mol. The minimum Gasteiger partial charge on any atom is -0.491 e. The monoisotopic (exact) mass is 387 g/mol. The second-order valence-corrected chi connectivity index (χ2v) is 9.38. The molecule has 3 aliphatic rings. The molecule has 0 radical (unpaired) electrons. The first kappa shape index (κ1) is 20.1. The third kappa shape index (κ3) is 5.26. The highest BCUT2D eigenvalue weighted by molar-refractivity contribution is 5.27. The van der Waals surface area contributed by atoms with E-state index in [9.17, 15) is 5.11 Å². The Labute approximate surface area is 170 Å². The molecule has 2 saturated heterocycles. The topological polar surface area (TPSA) is 39.2 Å². The zero-order valence-electron chi connectivity index (χ0n) is 17.5. The van der Waals surface area contributed by atoms with Crippen molar-refractivity contribution in [3.8, 4) is 5.75 Å². The SMILES string of the molecule is CN1CCN(C[C@H](O)COc2ccc(CN3CCC4(CCCC4)C3)cc2)CC1. The van der Waals surface area contributed by atoms with Gasteiger partial charge < -0.3 is 14.7 Å². The Hall–Kier alpha value is -1.14. The lowest BCUT2D eigenvalue weighted by molar-refractivity contribution is 0.0505. The number of likely N-dealkylation sites (tertiary alicyclic amines) is 1. The number of rotatable bonds is 7. The molecule has 1 aromatic carbocycles. The smallest absolute Gasteiger partial charge is 0.119 e. The summed E-state index contributed by atoms with van der Waals surface area (Å²) in [4.78, 5) is 7.28. The molecule has 0 amide bonds. The van der Waals surface area contributed by atoms with Gasteiger partial charge in [-0.2, -0.15) is 0 Å². The standard InChI is InChI=1S/C23H37N3O2/c1-24-12-14-25(15-13-24)17-21(27)18-28-22-6-4-20(5-7-22)16-26-11-10-23(19-26)8-2-3-9-23/h4-7,21,27H,2-3,8-19H2,1H3/t21-/m0/s1. The number of β-amino-alcohol motifs (C(OH)–C–C–N with tert-alkyl or cyclic N) is 1. The van der Waals surface area contributed by atoms with Gasteiger partial charge in [0.25, 0.3) is 0 Å². The number of likely N-dealkylation sites (N-methyl/N-ethyl adjacent to an activating group) is 1. The molecule has 0 aromatic heterocycles. The minimum atomic E-state index is -0.435. The summed E-state index contributed by atoms with van der Waals surface area (Å²) in [6, 6.07) is 8.47. The van der Waals surface area contributed by atoms with Gasteiger partial charge in [-0.25, -0.2) is 0 Å². The van der Waals surface area contributed by atoms with E-state index in [1.807, 2.05) is 0 Å². The Morgan fingerprint density at radius 1 is 0.964 bits per heavy atom. The fourth-order valence-corrected chi connectivity index (χ4v) is 5.22. The van der Waals surface area contributed by atoms with E-state index in [4.69, 9.17) is 4.74 Å². The second kappa shape index (κ2) is 9.12. The van der Waals surface area contributed by atoms with Gasteiger partial charge in [0.2, 0.25) is 0 Å². The van der Waals surface area contributed by atoms with E-state index in [-0.39, 0.29) is 0 Å². The number of hydrogen-bond acceptors (Lipinski definition) is 5. The Bertz CT molecular complexity index is 607. The van der Waals surface area contributed by atoms with E-state index in [1.54, 1.807) is 0 Å². The van der Waals surface area contributed by atoms with Crippen LogP contribution >= 0.6 is 0 Å². The van der Waals surface area contributed by atoms with Gasteiger partial charge in [-0.3, -0.25) is 9.80 Å². The zero-order chi connectivity index (χ0) is 19.4. The normalized spacial score (nSPS) is 24.8. The largest absolute Gasteiger partial charge is 0.491 e. The fourth-order valence-electron chi connectivity index (χ4n) is 5.22. The number of aliphatic hydroxyl groups is 1. The lowest BCUT2D eigenvalue weighted by Crippen LogP contribution is -2.47. The van der Waals surface area contributed by atoms with E-state index >= 15 is 0 Å². The van der Waals surface area contributed by atoms with Crippen LogP contribution in [0.4, 0.5) is 0 Å². The van der Waals surface area contributed by atoms with Gasteiger partial charge in [-0.1, -0.05) is 25.0 Å². The van der Waals surface area contributed by atoms with Crippen LogP contribution in [-0.2, 0) is 6.54 Å². The van der Waals surface area contributed by atoms with Crippen molar-refractivity contribution in [2.24, 2.45) is 5.41 Å². The molecule has 2 heterocycles. The van der Waals surface area contributed by atoms with Gasteiger partial charge >= 0.3 is 0 Å². The van der Waals surface area contributed by atoms with Crippen LogP contribution in [0.15, 0.2) is 24.3 Å². The molecule has 5 nitrogen and oxygen atoms in total. The summed E-state index contributed by atoms with van der Waals surface area (Å²) in [7, 11) is 2.15. The molecule has 156 valence electrons. The highest BCUT2D eigenvalue weighted by Gasteiger charge is 2.39. The predicted molar refractivity (Wildman–Crippen MR) is 113 cm³/mol. The van der Waals surface area contributed by atoms with Crippen LogP contribution in [-0.4, -0.2) is 85.4 Å². The minimum absolute atomic E-state index is 0.361. The molecule has 1 aromatic rings. The molecule has 0 unspecified atom stereocenters. The molecule has 0 bridgehead atoms. The Morgan fingerprint density at radius 3 is 2.39 bits per heavy atom. The van der Waals surface area contributed by atoms with Crippen LogP contribution < -0.4 is 4.74 Å². The summed E-state index contributed by atoms with van der Waals surface area (Å²) in [5.74, 6) is 0.856. The third-order valence-electron chi connectivity index (χ3n) is 7.02. The number of ether oxygens (including phenoxy) is 1. The summed E-state index contributed by atoms with van der Waals surface area (Å²) in [6.07, 6.45) is 6.69. The quantitative estimate of drug-likeness (QED) is 0.778. The molecule has 4 rings (SSSR count). The number of hydrogen-bond donors (Lipinski definition) is 1. The van der Waals surface area contributed by atoms with Crippen molar-refractivity contribution >= 4 is 0 Å². The number of aliphatic hydroxyl groups excluding tert-OH is 1. The molecular formula is C23H37N3O2. The molecule has 1 N–H and O–H groups in total. The van der Waals surface area contributed by atoms with Gasteiger partial charge in [-0.15, -0.1) is 0 Å². The molecule has 1 atom stereocenters. The lowest BCUT2D eigenvalue weighted by Gasteiger charge is -2.33. The van der Waals surface area contributed by atoms with Crippen LogP contribution in [0.3, 0.4) is 0 Å². The van der Waals surface area contributed by atoms with Gasteiger partial charge in [0.1, 0.15) is 18.5 Å². The van der Waals surface area contributed by atoms with Gasteiger partial charge in [-0.05, 0) is 56.0 Å². The maximum absolute atomic E-state index is 10.3. The van der Waals surface area contributed by atoms with Crippen LogP contribution in [0.5, 0.6) is 5.75 Å². The second-order valence-electron chi connectivity index (χ2n) is 9.38. The highest BCUT2D eigenvalue weighted by atomic mass is 16.5. The number of benzene rings is 1. The van der Waals surface area contributed by atoms with E-state index in [0.717, 1.165) is 38.5 Å². The Kier molecular flexibility index (Phi) is 6.56. The van der Waals surface area contributed by atoms with E-state index in [0.29, 0.717) is 18.6 Å². The molecule has 1 aliphatic carbocycles. The van der Waals surface area contributed by atoms with Gasteiger partial charge in [0.15, 0.2) is 0 Å². The molecule has 1 saturated carbocycles. The predicted octanol–water partition coefficient (Wildman–Crippen LogP) is 2.44. The lowest BCUT2D eigenvalue weighted by atomic mass is 9.86. The van der Waals surface area contributed by atoms with E-state index in [2.05, 4.69) is 46.0 Å². The summed E-state index contributed by atoms with van der Waals surface area (Å²) < 4.78 is 5.83. The van der Waals surface area contributed by atoms with Crippen molar-refractivity contribution in [3.05, 3.63) is 29.8 Å². The summed E-state index contributed by atoms with van der Waals surface area (Å²) >= 11 is 0. The van der Waals surface area contributed by atoms with Crippen LogP contribution in [0.1, 0.15) is 37.7 Å². The van der Waals surface area contributed by atoms with Crippen molar-refractivity contribution in [1.82, 2.24) is 14.7 Å². The van der Waals surface area contributed by atoms with Crippen molar-refractivity contribution < 1.29 is 9.84 Å². The Balaban J connectivity index is 1.18. The fraction of sp³-hybridized carbons (Fsp3) is 0.739. The highest BCUT2D eigenvalue weighted by Crippen LogP contribution is 2.45. The number of nitrogens with zero attached hydrogens (tertiary/aromatic N) is 3. The van der Waals surface area contributed by atoms with Crippen LogP contribution in [0.25, 0.3) is 0 Å². The summed E-state index contributed by atoms with van der Waals surface area (Å²) in [5.41, 5.74) is 2.00.